The summed E-state index contributed by atoms with van der Waals surface area (Å²) < 4.78 is 22.4. The third-order valence-electron chi connectivity index (χ3n) is 18.5. The van der Waals surface area contributed by atoms with Gasteiger partial charge in [0.2, 0.25) is 59.1 Å². The lowest BCUT2D eigenvalue weighted by atomic mass is 10.0. The van der Waals surface area contributed by atoms with Crippen molar-refractivity contribution < 1.29 is 72.0 Å². The maximum Gasteiger partial charge on any atom is 0.246 e. The number of rotatable bonds is 44. The molecule has 0 unspecified atom stereocenters. The van der Waals surface area contributed by atoms with E-state index >= 15 is 0 Å². The number of aromatic amines is 1. The predicted octanol–water partition coefficient (Wildman–Crippen LogP) is 3.69. The summed E-state index contributed by atoms with van der Waals surface area (Å²) in [5.41, 5.74) is 19.1. The topological polar surface area (TPSA) is 434 Å². The van der Waals surface area contributed by atoms with Crippen molar-refractivity contribution in [2.24, 2.45) is 22.2 Å². The van der Waals surface area contributed by atoms with Gasteiger partial charge in [0.05, 0.1) is 59.0 Å². The van der Waals surface area contributed by atoms with Crippen molar-refractivity contribution in [1.29, 1.82) is 0 Å². The number of unbranched alkanes of at least 4 members (excludes halogenated alkanes) is 13. The van der Waals surface area contributed by atoms with Crippen molar-refractivity contribution >= 4 is 75.9 Å². The molecule has 10 amide bonds. The van der Waals surface area contributed by atoms with Crippen molar-refractivity contribution in [3.63, 3.8) is 0 Å². The Balaban J connectivity index is 1.17. The number of carbonyl (C=O) groups is 10. The number of hydrogen-bond donors (Lipinski definition) is 13. The molecule has 580 valence electrons. The van der Waals surface area contributed by atoms with Crippen LogP contribution in [0.1, 0.15) is 192 Å². The minimum absolute atomic E-state index is 0.00228. The zero-order chi connectivity index (χ0) is 75.1. The molecule has 2 aromatic carbocycles. The number of benzene rings is 2. The molecule has 8 atom stereocenters. The molecule has 2 fully saturated rings. The molecular weight excluding hydrogens is 1340 g/mol. The Kier molecular flexibility index (Phi) is 42.4. The number of guanidine groups is 1. The van der Waals surface area contributed by atoms with Gasteiger partial charge in [0, 0.05) is 75.4 Å². The van der Waals surface area contributed by atoms with Crippen molar-refractivity contribution in [2.75, 3.05) is 79.0 Å². The molecule has 16 N–H and O–H groups in total. The Labute approximate surface area is 613 Å². The number of aliphatic imine (C=N–C) groups is 1. The van der Waals surface area contributed by atoms with Crippen LogP contribution in [-0.4, -0.2) is 207 Å². The van der Waals surface area contributed by atoms with Crippen LogP contribution in [0.25, 0.3) is 10.9 Å². The van der Waals surface area contributed by atoms with Crippen LogP contribution in [0.5, 0.6) is 0 Å². The van der Waals surface area contributed by atoms with Crippen molar-refractivity contribution in [3.8, 4) is 0 Å². The minimum Gasteiger partial charge on any atom is -0.390 e. The number of ether oxygens (including phenoxy) is 4. The van der Waals surface area contributed by atoms with E-state index in [4.69, 9.17) is 36.1 Å². The van der Waals surface area contributed by atoms with E-state index < -0.39 is 102 Å². The molecule has 2 saturated heterocycles. The molecule has 3 heterocycles. The number of nitrogens with zero attached hydrogens (tertiary/aromatic N) is 2. The largest absolute Gasteiger partial charge is 0.390 e. The average molecular weight is 1460 g/mol. The number of fused-ring (bicyclic) bond motifs is 2. The Bertz CT molecular complexity index is 3100. The van der Waals surface area contributed by atoms with Gasteiger partial charge in [-0.1, -0.05) is 152 Å². The van der Waals surface area contributed by atoms with Crippen LogP contribution in [0.3, 0.4) is 0 Å². The van der Waals surface area contributed by atoms with Crippen LogP contribution in [-0.2, 0) is 79.7 Å². The Hall–Kier alpha value is -8.25. The molecule has 0 saturated carbocycles. The Morgan fingerprint density at radius 1 is 0.615 bits per heavy atom. The molecular formula is C75H120N14O15. The number of para-hydroxylation sites is 1. The zero-order valence-electron chi connectivity index (χ0n) is 61.5. The van der Waals surface area contributed by atoms with Crippen LogP contribution in [0.4, 0.5) is 0 Å². The standard InChI is InChI=1S/C75H120N14O15/c1-3-5-7-8-9-10-11-12-13-14-15-16-20-33-64(91)80-40-43-102-45-47-104-49-48-103-46-44-101-42-37-66(93)83-58(29-6-4-2)69(95)86-60-34-35-65(92)79-38-24-23-31-57(68(76)94)84-72(98)62(51-54-52-82-56-30-22-21-28-55(54)56)87-70(96)59(32-25-39-81-75(77)78)85-71(97)61(50-53-26-18-17-19-27-53)88-73(99)67-63(90)36-41-89(67)74(60)100/h17-19,21-22,26-28,30,52,57-63,67,82,90H,3-16,20,23-25,29,31-51H2,1-2H3,(H2,76,94)(H,79,92)(H,80,91)(H,83,93)(H,84,98)(H,85,97)(H,86,95)(H,87,96)(H,88,99)(H4,77,78,81)/t57-,58-,59-,60-,61+,62-,63-,67-/m0/s1. The first kappa shape index (κ1) is 86.4. The van der Waals surface area contributed by atoms with E-state index in [-0.39, 0.29) is 122 Å². The van der Waals surface area contributed by atoms with Gasteiger partial charge in [-0.15, -0.1) is 0 Å². The van der Waals surface area contributed by atoms with Gasteiger partial charge in [-0.25, -0.2) is 0 Å². The summed E-state index contributed by atoms with van der Waals surface area (Å²) in [6.07, 6.45) is 18.2. The molecule has 0 bridgehead atoms. The fraction of sp³-hybridized carbons (Fsp3) is 0.667. The predicted molar refractivity (Wildman–Crippen MR) is 396 cm³/mol. The lowest BCUT2D eigenvalue weighted by Gasteiger charge is -2.32. The molecule has 0 spiro atoms. The second-order valence-corrected chi connectivity index (χ2v) is 26.9. The zero-order valence-corrected chi connectivity index (χ0v) is 61.5. The SMILES string of the molecule is CCCCCCCCCCCCCCCC(=O)NCCOCCOCCOCCOCCC(=O)N[C@@H](CCCC)C(=O)N[C@H]1CCC(=O)NCCCC[C@@H](C(N)=O)NC(=O)[C@H](Cc2c[nH]c3ccccc23)NC(=O)[C@H](CCCN=C(N)N)NC(=O)[C@@H](Cc2ccccc2)NC(=O)[C@@H]2[C@@H](O)CCN2C1=O. The highest BCUT2D eigenvalue weighted by Gasteiger charge is 2.45. The lowest BCUT2D eigenvalue weighted by Crippen LogP contribution is -2.61. The average Bonchev–Trinajstić information content (AvgIpc) is 1.65. The van der Waals surface area contributed by atoms with E-state index in [1.165, 1.54) is 70.6 Å². The summed E-state index contributed by atoms with van der Waals surface area (Å²) in [6, 6.07) is 6.36. The summed E-state index contributed by atoms with van der Waals surface area (Å²) in [6.45, 7) is 6.71. The van der Waals surface area contributed by atoms with Crippen molar-refractivity contribution in [2.45, 2.75) is 242 Å². The number of hydrogen-bond acceptors (Lipinski definition) is 16. The number of aliphatic hydroxyl groups is 1. The summed E-state index contributed by atoms with van der Waals surface area (Å²) in [5.74, 6) is -6.95. The second-order valence-electron chi connectivity index (χ2n) is 26.9. The maximum atomic E-state index is 15.0. The van der Waals surface area contributed by atoms with E-state index in [2.05, 4.69) is 59.4 Å². The Morgan fingerprint density at radius 3 is 1.87 bits per heavy atom. The first-order valence-corrected chi connectivity index (χ1v) is 38.0. The van der Waals surface area contributed by atoms with Crippen LogP contribution in [0, 0.1) is 0 Å². The molecule has 3 aromatic rings. The molecule has 29 nitrogen and oxygen atoms in total. The van der Waals surface area contributed by atoms with E-state index in [0.29, 0.717) is 76.4 Å². The Morgan fingerprint density at radius 2 is 1.20 bits per heavy atom. The number of nitrogens with one attached hydrogen (secondary N) is 9. The normalized spacial score (nSPS) is 20.0. The summed E-state index contributed by atoms with van der Waals surface area (Å²) >= 11 is 0. The van der Waals surface area contributed by atoms with Gasteiger partial charge in [0.1, 0.15) is 42.3 Å². The van der Waals surface area contributed by atoms with Gasteiger partial charge in [-0.2, -0.15) is 0 Å². The highest BCUT2D eigenvalue weighted by atomic mass is 16.6. The van der Waals surface area contributed by atoms with Crippen LogP contribution >= 0.6 is 0 Å². The molecule has 29 heteroatoms. The van der Waals surface area contributed by atoms with Gasteiger partial charge < -0.3 is 93.7 Å². The molecule has 0 radical (unpaired) electrons. The molecule has 0 aliphatic carbocycles. The van der Waals surface area contributed by atoms with Gasteiger partial charge in [0.25, 0.3) is 0 Å². The number of primary amides is 1. The van der Waals surface area contributed by atoms with Crippen molar-refractivity contribution in [3.05, 3.63) is 71.9 Å². The number of aromatic nitrogens is 1. The van der Waals surface area contributed by atoms with Crippen LogP contribution < -0.4 is 59.7 Å². The van der Waals surface area contributed by atoms with E-state index in [0.717, 1.165) is 28.6 Å². The summed E-state index contributed by atoms with van der Waals surface area (Å²) in [4.78, 5) is 149. The number of aliphatic hydroxyl groups excluding tert-OH is 1. The highest BCUT2D eigenvalue weighted by Crippen LogP contribution is 2.24. The van der Waals surface area contributed by atoms with E-state index in [9.17, 15) is 53.1 Å². The molecule has 1 aromatic heterocycles. The quantitative estimate of drug-likeness (QED) is 0.0218. The smallest absolute Gasteiger partial charge is 0.246 e. The summed E-state index contributed by atoms with van der Waals surface area (Å²) in [5, 5.41) is 34.6. The number of H-pyrrole nitrogens is 1. The lowest BCUT2D eigenvalue weighted by molar-refractivity contribution is -0.144. The molecule has 2 aliphatic heterocycles. The first-order valence-electron chi connectivity index (χ1n) is 38.0. The van der Waals surface area contributed by atoms with Gasteiger partial charge >= 0.3 is 0 Å². The maximum absolute atomic E-state index is 15.0. The minimum atomic E-state index is -1.61. The van der Waals surface area contributed by atoms with Gasteiger partial charge in [-0.05, 0) is 75.0 Å². The van der Waals surface area contributed by atoms with E-state index in [1.807, 2.05) is 31.2 Å². The van der Waals surface area contributed by atoms with E-state index in [1.54, 1.807) is 36.5 Å². The van der Waals surface area contributed by atoms with Crippen LogP contribution in [0.2, 0.25) is 0 Å². The fourth-order valence-corrected chi connectivity index (χ4v) is 12.6. The molecule has 5 rings (SSSR count). The number of nitrogens with two attached hydrogens (primary N) is 3. The fourth-order valence-electron chi connectivity index (χ4n) is 12.6. The third kappa shape index (κ3) is 34.1. The summed E-state index contributed by atoms with van der Waals surface area (Å²) in [7, 11) is 0. The first-order chi connectivity index (χ1) is 50.4. The van der Waals surface area contributed by atoms with Gasteiger partial charge in [-0.3, -0.25) is 52.9 Å². The van der Waals surface area contributed by atoms with Crippen LogP contribution in [0.15, 0.2) is 65.8 Å². The third-order valence-corrected chi connectivity index (χ3v) is 18.5. The second kappa shape index (κ2) is 51.0. The number of carbonyl (C=O) groups excluding carboxylic acids is 10. The van der Waals surface area contributed by atoms with Gasteiger partial charge in [0.15, 0.2) is 5.96 Å². The monoisotopic (exact) mass is 1460 g/mol. The highest BCUT2D eigenvalue weighted by molar-refractivity contribution is 5.99. The molecule has 104 heavy (non-hydrogen) atoms. The molecule has 2 aliphatic rings. The number of amides is 10. The van der Waals surface area contributed by atoms with Crippen molar-refractivity contribution in [1.82, 2.24) is 52.4 Å².